The Kier molecular flexibility index (Phi) is 9.22. The molecule has 1 aliphatic heterocycles. The minimum absolute atomic E-state index is 0.0160. The Morgan fingerprint density at radius 2 is 1.62 bits per heavy atom. The molecule has 2 amide bonds. The summed E-state index contributed by atoms with van der Waals surface area (Å²) in [6.07, 6.45) is 2.04. The quantitative estimate of drug-likeness (QED) is 0.273. The molecule has 220 valence electrons. The van der Waals surface area contributed by atoms with Crippen molar-refractivity contribution in [2.75, 3.05) is 19.7 Å². The van der Waals surface area contributed by atoms with Crippen LogP contribution in [0.25, 0.3) is 11.1 Å². The third kappa shape index (κ3) is 6.65. The Balaban J connectivity index is 1.18. The highest BCUT2D eigenvalue weighted by Crippen LogP contribution is 2.44. The molecule has 5 rings (SSSR count). The van der Waals surface area contributed by atoms with Crippen LogP contribution in [-0.4, -0.2) is 59.3 Å². The van der Waals surface area contributed by atoms with E-state index in [4.69, 9.17) is 4.74 Å². The molecule has 1 saturated heterocycles. The number of carboxylic acids is 1. The van der Waals surface area contributed by atoms with Crippen LogP contribution < -0.4 is 10.6 Å². The predicted octanol–water partition coefficient (Wildman–Crippen LogP) is 5.32. The van der Waals surface area contributed by atoms with Gasteiger partial charge in [-0.15, -0.1) is 0 Å². The van der Waals surface area contributed by atoms with Gasteiger partial charge in [-0.2, -0.15) is 0 Å². The number of unbranched alkanes of at least 4 members (excludes halogenated alkanes) is 1. The zero-order valence-corrected chi connectivity index (χ0v) is 24.1. The normalized spacial score (nSPS) is 18.6. The smallest absolute Gasteiger partial charge is 0.407 e. The molecule has 8 nitrogen and oxygen atoms in total. The number of carbonyl (C=O) groups is 3. The lowest BCUT2D eigenvalue weighted by atomic mass is 9.97. The van der Waals surface area contributed by atoms with Gasteiger partial charge in [0, 0.05) is 38.0 Å². The maximum atomic E-state index is 13.2. The Morgan fingerprint density at radius 1 is 0.976 bits per heavy atom. The van der Waals surface area contributed by atoms with Crippen molar-refractivity contribution in [3.63, 3.8) is 0 Å². The van der Waals surface area contributed by atoms with Gasteiger partial charge in [0.25, 0.3) is 0 Å². The first-order chi connectivity index (χ1) is 20.4. The summed E-state index contributed by atoms with van der Waals surface area (Å²) in [7, 11) is 0. The Bertz CT molecular complexity index is 1370. The molecule has 2 atom stereocenters. The predicted molar refractivity (Wildman–Crippen MR) is 161 cm³/mol. The highest BCUT2D eigenvalue weighted by molar-refractivity contribution is 5.88. The van der Waals surface area contributed by atoms with E-state index in [1.807, 2.05) is 66.4 Å². The minimum Gasteiger partial charge on any atom is -0.479 e. The number of carboxylic acid groups (broad SMARTS) is 1. The fraction of sp³-hybridized carbons (Fsp3) is 0.382. The van der Waals surface area contributed by atoms with Gasteiger partial charge in [-0.05, 0) is 40.7 Å². The molecular formula is C34H39N3O5. The maximum absolute atomic E-state index is 13.2. The summed E-state index contributed by atoms with van der Waals surface area (Å²) < 4.78 is 5.71. The van der Waals surface area contributed by atoms with Crippen LogP contribution in [0.5, 0.6) is 0 Å². The van der Waals surface area contributed by atoms with E-state index in [0.717, 1.165) is 40.7 Å². The SMILES string of the molecule is CCCCC(CC(=O)NC1(C(=O)O)CCN(Cc2ccccc2)C1)NC(=O)OCC1c2ccccc2-c2ccccc21. The first kappa shape index (κ1) is 29.3. The third-order valence-corrected chi connectivity index (χ3v) is 8.39. The molecule has 3 aromatic rings. The topological polar surface area (TPSA) is 108 Å². The molecule has 2 unspecified atom stereocenters. The van der Waals surface area contributed by atoms with Crippen molar-refractivity contribution in [1.82, 2.24) is 15.5 Å². The van der Waals surface area contributed by atoms with Crippen LogP contribution >= 0.6 is 0 Å². The van der Waals surface area contributed by atoms with E-state index < -0.39 is 23.6 Å². The fourth-order valence-electron chi connectivity index (χ4n) is 6.22. The number of amides is 2. The van der Waals surface area contributed by atoms with E-state index in [1.165, 1.54) is 0 Å². The number of rotatable bonds is 12. The molecule has 1 aliphatic carbocycles. The van der Waals surface area contributed by atoms with E-state index in [2.05, 4.69) is 34.9 Å². The number of aliphatic carboxylic acids is 1. The first-order valence-electron chi connectivity index (χ1n) is 14.8. The summed E-state index contributed by atoms with van der Waals surface area (Å²) in [6, 6.07) is 25.7. The molecule has 0 spiro atoms. The van der Waals surface area contributed by atoms with Crippen molar-refractivity contribution in [1.29, 1.82) is 0 Å². The number of fused-ring (bicyclic) bond motifs is 3. The number of likely N-dealkylation sites (tertiary alicyclic amines) is 1. The monoisotopic (exact) mass is 569 g/mol. The lowest BCUT2D eigenvalue weighted by molar-refractivity contribution is -0.147. The van der Waals surface area contributed by atoms with Crippen LogP contribution in [0.1, 0.15) is 61.6 Å². The van der Waals surface area contributed by atoms with Crippen molar-refractivity contribution in [3.8, 4) is 11.1 Å². The van der Waals surface area contributed by atoms with E-state index >= 15 is 0 Å². The summed E-state index contributed by atoms with van der Waals surface area (Å²) in [6.45, 7) is 3.64. The van der Waals surface area contributed by atoms with Crippen LogP contribution in [0.2, 0.25) is 0 Å². The number of nitrogens with one attached hydrogen (secondary N) is 2. The lowest BCUT2D eigenvalue weighted by Crippen LogP contribution is -2.57. The van der Waals surface area contributed by atoms with Gasteiger partial charge in [0.2, 0.25) is 5.91 Å². The third-order valence-electron chi connectivity index (χ3n) is 8.39. The average molecular weight is 570 g/mol. The van der Waals surface area contributed by atoms with E-state index in [1.54, 1.807) is 0 Å². The van der Waals surface area contributed by atoms with Gasteiger partial charge in [-0.1, -0.05) is 98.6 Å². The Hall–Kier alpha value is -4.17. The highest BCUT2D eigenvalue weighted by Gasteiger charge is 2.46. The zero-order valence-electron chi connectivity index (χ0n) is 24.1. The van der Waals surface area contributed by atoms with Crippen molar-refractivity contribution < 1.29 is 24.2 Å². The maximum Gasteiger partial charge on any atom is 0.407 e. The van der Waals surface area contributed by atoms with Crippen LogP contribution in [0.4, 0.5) is 4.79 Å². The number of benzene rings is 3. The van der Waals surface area contributed by atoms with Gasteiger partial charge in [0.15, 0.2) is 5.54 Å². The van der Waals surface area contributed by atoms with Crippen LogP contribution in [0.3, 0.4) is 0 Å². The number of nitrogens with zero attached hydrogens (tertiary/aromatic N) is 1. The summed E-state index contributed by atoms with van der Waals surface area (Å²) in [5.41, 5.74) is 4.31. The average Bonchev–Trinajstić information content (AvgIpc) is 3.54. The van der Waals surface area contributed by atoms with Gasteiger partial charge >= 0.3 is 12.1 Å². The van der Waals surface area contributed by atoms with E-state index in [9.17, 15) is 19.5 Å². The minimum atomic E-state index is -1.36. The first-order valence-corrected chi connectivity index (χ1v) is 14.8. The molecule has 0 saturated carbocycles. The molecule has 42 heavy (non-hydrogen) atoms. The molecule has 0 radical (unpaired) electrons. The largest absolute Gasteiger partial charge is 0.479 e. The molecule has 1 fully saturated rings. The van der Waals surface area contributed by atoms with Crippen LogP contribution in [0, 0.1) is 0 Å². The summed E-state index contributed by atoms with van der Waals surface area (Å²) in [4.78, 5) is 40.5. The van der Waals surface area contributed by atoms with Gasteiger partial charge in [0.1, 0.15) is 6.61 Å². The van der Waals surface area contributed by atoms with E-state index in [-0.39, 0.29) is 31.4 Å². The second-order valence-corrected chi connectivity index (χ2v) is 11.4. The van der Waals surface area contributed by atoms with Crippen molar-refractivity contribution in [3.05, 3.63) is 95.6 Å². The molecule has 8 heteroatoms. The Morgan fingerprint density at radius 3 is 2.26 bits per heavy atom. The second-order valence-electron chi connectivity index (χ2n) is 11.4. The van der Waals surface area contributed by atoms with Gasteiger partial charge in [-0.25, -0.2) is 9.59 Å². The van der Waals surface area contributed by atoms with Crippen LogP contribution in [0.15, 0.2) is 78.9 Å². The van der Waals surface area contributed by atoms with Gasteiger partial charge in [-0.3, -0.25) is 9.69 Å². The lowest BCUT2D eigenvalue weighted by Gasteiger charge is -2.27. The fourth-order valence-corrected chi connectivity index (χ4v) is 6.22. The number of carbonyl (C=O) groups excluding carboxylic acids is 2. The van der Waals surface area contributed by atoms with Gasteiger partial charge < -0.3 is 20.5 Å². The number of ether oxygens (including phenoxy) is 1. The molecule has 3 N–H and O–H groups in total. The zero-order chi connectivity index (χ0) is 29.5. The van der Waals surface area contributed by atoms with Crippen molar-refractivity contribution >= 4 is 18.0 Å². The van der Waals surface area contributed by atoms with Crippen molar-refractivity contribution in [2.45, 2.75) is 63.1 Å². The number of alkyl carbamates (subject to hydrolysis) is 1. The van der Waals surface area contributed by atoms with Crippen LogP contribution in [-0.2, 0) is 20.9 Å². The Labute approximate surface area is 247 Å². The molecular weight excluding hydrogens is 530 g/mol. The summed E-state index contributed by atoms with van der Waals surface area (Å²) >= 11 is 0. The molecule has 3 aromatic carbocycles. The summed E-state index contributed by atoms with van der Waals surface area (Å²) in [5, 5.41) is 15.8. The highest BCUT2D eigenvalue weighted by atomic mass is 16.5. The second kappa shape index (κ2) is 13.2. The van der Waals surface area contributed by atoms with Crippen molar-refractivity contribution in [2.24, 2.45) is 0 Å². The number of hydrogen-bond acceptors (Lipinski definition) is 5. The molecule has 1 heterocycles. The standard InChI is InChI=1S/C34H39N3O5/c1-2-3-13-25(20-31(38)36-34(32(39)40)18-19-37(23-34)21-24-11-5-4-6-12-24)35-33(41)42-22-30-28-16-9-7-14-26(28)27-15-8-10-17-29(27)30/h4-12,14-17,25,30H,2-3,13,18-23H2,1H3,(H,35,41)(H,36,38)(H,39,40). The molecule has 0 aromatic heterocycles. The number of hydrogen-bond donors (Lipinski definition) is 3. The molecule has 0 bridgehead atoms. The molecule has 2 aliphatic rings. The van der Waals surface area contributed by atoms with E-state index in [0.29, 0.717) is 25.9 Å². The van der Waals surface area contributed by atoms with Gasteiger partial charge in [0.05, 0.1) is 0 Å². The summed E-state index contributed by atoms with van der Waals surface area (Å²) in [5.74, 6) is -1.49.